The normalized spacial score (nSPS) is 10.3. The van der Waals surface area contributed by atoms with Gasteiger partial charge in [0.2, 0.25) is 0 Å². The highest BCUT2D eigenvalue weighted by Crippen LogP contribution is 2.46. The van der Waals surface area contributed by atoms with Gasteiger partial charge < -0.3 is 9.64 Å². The summed E-state index contributed by atoms with van der Waals surface area (Å²) in [4.78, 5) is 2.25. The number of nitrogens with zero attached hydrogens (tertiary/aromatic N) is 2. The summed E-state index contributed by atoms with van der Waals surface area (Å²) in [6.45, 7) is 4.30. The number of likely N-dealkylation sites (N-methyl/N-ethyl adjacent to an activating group) is 1. The van der Waals surface area contributed by atoms with Crippen LogP contribution in [-0.4, -0.2) is 19.7 Å². The second-order valence-corrected chi connectivity index (χ2v) is 8.01. The van der Waals surface area contributed by atoms with E-state index < -0.39 is 0 Å². The van der Waals surface area contributed by atoms with Crippen molar-refractivity contribution in [2.45, 2.75) is 6.92 Å². The van der Waals surface area contributed by atoms with Crippen LogP contribution in [0.2, 0.25) is 0 Å². The van der Waals surface area contributed by atoms with Gasteiger partial charge in [0, 0.05) is 12.2 Å². The van der Waals surface area contributed by atoms with E-state index >= 15 is 0 Å². The van der Waals surface area contributed by atoms with Gasteiger partial charge in [0.05, 0.1) is 30.0 Å². The molecule has 0 atom stereocenters. The van der Waals surface area contributed by atoms with Gasteiger partial charge in [-0.05, 0) is 82.8 Å². The van der Waals surface area contributed by atoms with Crippen molar-refractivity contribution in [2.75, 3.05) is 24.6 Å². The predicted molar refractivity (Wildman–Crippen MR) is 112 cm³/mol. The summed E-state index contributed by atoms with van der Waals surface area (Å²) in [6.07, 6.45) is 0. The molecular formula is C17H14Br4N2O. The van der Waals surface area contributed by atoms with Crippen LogP contribution in [0, 0.1) is 11.3 Å². The van der Waals surface area contributed by atoms with Crippen molar-refractivity contribution in [2.24, 2.45) is 0 Å². The highest BCUT2D eigenvalue weighted by molar-refractivity contribution is 9.14. The molecule has 0 aromatic heterocycles. The zero-order valence-corrected chi connectivity index (χ0v) is 19.2. The van der Waals surface area contributed by atoms with Crippen LogP contribution in [0.4, 0.5) is 5.69 Å². The number of benzene rings is 2. The van der Waals surface area contributed by atoms with Crippen molar-refractivity contribution in [3.63, 3.8) is 0 Å². The van der Waals surface area contributed by atoms with Crippen LogP contribution >= 0.6 is 63.7 Å². The van der Waals surface area contributed by atoms with Crippen molar-refractivity contribution in [3.8, 4) is 11.8 Å². The molecule has 0 heterocycles. The van der Waals surface area contributed by atoms with Gasteiger partial charge in [-0.1, -0.05) is 18.2 Å². The number of anilines is 1. The zero-order chi connectivity index (χ0) is 17.7. The number of halogens is 4. The maximum absolute atomic E-state index is 9.25. The van der Waals surface area contributed by atoms with Crippen molar-refractivity contribution in [1.29, 1.82) is 5.26 Å². The van der Waals surface area contributed by atoms with E-state index in [1.807, 2.05) is 18.2 Å². The predicted octanol–water partition coefficient (Wildman–Crippen LogP) is 6.51. The Kier molecular flexibility index (Phi) is 7.60. The van der Waals surface area contributed by atoms with Crippen molar-refractivity contribution < 1.29 is 4.74 Å². The summed E-state index contributed by atoms with van der Waals surface area (Å²) in [7, 11) is 0. The largest absolute Gasteiger partial charge is 0.489 e. The smallest absolute Gasteiger partial charge is 0.150 e. The molecule has 0 saturated carbocycles. The molecule has 0 amide bonds. The summed E-state index contributed by atoms with van der Waals surface area (Å²) in [6, 6.07) is 12.4. The van der Waals surface area contributed by atoms with E-state index in [4.69, 9.17) is 4.74 Å². The highest BCUT2D eigenvalue weighted by atomic mass is 79.9. The Hall–Kier alpha value is -0.550. The minimum Gasteiger partial charge on any atom is -0.489 e. The fourth-order valence-corrected chi connectivity index (χ4v) is 4.69. The molecule has 0 aliphatic carbocycles. The van der Waals surface area contributed by atoms with Gasteiger partial charge in [0.25, 0.3) is 0 Å². The van der Waals surface area contributed by atoms with E-state index in [-0.39, 0.29) is 0 Å². The molecule has 0 N–H and O–H groups in total. The molecule has 0 radical (unpaired) electrons. The maximum Gasteiger partial charge on any atom is 0.150 e. The minimum absolute atomic E-state index is 0.514. The van der Waals surface area contributed by atoms with Gasteiger partial charge in [-0.15, -0.1) is 0 Å². The monoisotopic (exact) mass is 578 g/mol. The Labute approximate surface area is 175 Å². The molecule has 126 valence electrons. The number of nitriles is 1. The molecule has 0 aliphatic rings. The van der Waals surface area contributed by atoms with Gasteiger partial charge >= 0.3 is 0 Å². The number of ether oxygens (including phenoxy) is 1. The molecule has 24 heavy (non-hydrogen) atoms. The first-order valence-corrected chi connectivity index (χ1v) is 10.4. The van der Waals surface area contributed by atoms with Crippen LogP contribution < -0.4 is 9.64 Å². The quantitative estimate of drug-likeness (QED) is 0.365. The Morgan fingerprint density at radius 2 is 1.58 bits per heavy atom. The summed E-state index contributed by atoms with van der Waals surface area (Å²) in [5.41, 5.74) is 1.68. The van der Waals surface area contributed by atoms with E-state index in [1.165, 1.54) is 5.69 Å². The maximum atomic E-state index is 9.25. The van der Waals surface area contributed by atoms with Gasteiger partial charge in [0.15, 0.2) is 0 Å². The number of para-hydroxylation sites is 1. The fourth-order valence-electron chi connectivity index (χ4n) is 2.20. The van der Waals surface area contributed by atoms with Crippen molar-refractivity contribution in [3.05, 3.63) is 53.8 Å². The van der Waals surface area contributed by atoms with Crippen LogP contribution in [0.15, 0.2) is 48.2 Å². The van der Waals surface area contributed by atoms with Gasteiger partial charge in [-0.2, -0.15) is 5.26 Å². The molecule has 0 aliphatic heterocycles. The molecular weight excluding hydrogens is 568 g/mol. The summed E-state index contributed by atoms with van der Waals surface area (Å²) in [5.74, 6) is 0.664. The van der Waals surface area contributed by atoms with E-state index in [1.54, 1.807) is 0 Å². The van der Waals surface area contributed by atoms with E-state index in [0.717, 1.165) is 22.0 Å². The number of hydrogen-bond donors (Lipinski definition) is 0. The minimum atomic E-state index is 0.514. The Balaban J connectivity index is 2.14. The second kappa shape index (κ2) is 9.23. The Morgan fingerprint density at radius 3 is 2.08 bits per heavy atom. The lowest BCUT2D eigenvalue weighted by Gasteiger charge is -2.23. The number of hydrogen-bond acceptors (Lipinski definition) is 3. The fraction of sp³-hybridized carbons (Fsp3) is 0.235. The lowest BCUT2D eigenvalue weighted by molar-refractivity contribution is 0.320. The van der Waals surface area contributed by atoms with E-state index in [0.29, 0.717) is 26.9 Å². The SMILES string of the molecule is CCN(CCOc1c(Br)c(Br)c(C#N)c(Br)c1Br)c1ccccc1. The third kappa shape index (κ3) is 4.34. The van der Waals surface area contributed by atoms with Crippen LogP contribution in [0.3, 0.4) is 0 Å². The number of rotatable bonds is 6. The van der Waals surface area contributed by atoms with Crippen LogP contribution in [-0.2, 0) is 0 Å². The summed E-state index contributed by atoms with van der Waals surface area (Å²) in [5, 5.41) is 9.25. The van der Waals surface area contributed by atoms with Gasteiger partial charge in [0.1, 0.15) is 18.4 Å². The van der Waals surface area contributed by atoms with E-state index in [2.05, 4.69) is 93.7 Å². The first-order valence-electron chi connectivity index (χ1n) is 7.20. The molecule has 0 fully saturated rings. The molecule has 2 rings (SSSR count). The molecule has 0 spiro atoms. The zero-order valence-electron chi connectivity index (χ0n) is 12.8. The highest BCUT2D eigenvalue weighted by Gasteiger charge is 2.20. The van der Waals surface area contributed by atoms with Crippen molar-refractivity contribution >= 4 is 69.4 Å². The Morgan fingerprint density at radius 1 is 1.00 bits per heavy atom. The van der Waals surface area contributed by atoms with Crippen molar-refractivity contribution in [1.82, 2.24) is 0 Å². The molecule has 0 bridgehead atoms. The topological polar surface area (TPSA) is 36.3 Å². The average molecular weight is 582 g/mol. The first-order chi connectivity index (χ1) is 11.5. The average Bonchev–Trinajstić information content (AvgIpc) is 2.61. The molecule has 3 nitrogen and oxygen atoms in total. The molecule has 0 unspecified atom stereocenters. The van der Waals surface area contributed by atoms with Gasteiger partial charge in [-0.25, -0.2) is 0 Å². The van der Waals surface area contributed by atoms with Crippen LogP contribution in [0.25, 0.3) is 0 Å². The molecule has 0 saturated heterocycles. The summed E-state index contributed by atoms with van der Waals surface area (Å²) < 4.78 is 8.76. The van der Waals surface area contributed by atoms with Crippen LogP contribution in [0.5, 0.6) is 5.75 Å². The lowest BCUT2D eigenvalue weighted by atomic mass is 10.2. The summed E-state index contributed by atoms with van der Waals surface area (Å²) >= 11 is 13.9. The molecule has 2 aromatic rings. The standard InChI is InChI=1S/C17H14Br4N2O/c1-2-23(11-6-4-3-5-7-11)8-9-24-17-15(20)13(18)12(10-22)14(19)16(17)21/h3-7H,2,8-9H2,1H3. The van der Waals surface area contributed by atoms with E-state index in [9.17, 15) is 5.26 Å². The third-order valence-electron chi connectivity index (χ3n) is 3.45. The Bertz CT molecular complexity index is 730. The van der Waals surface area contributed by atoms with Crippen LogP contribution in [0.1, 0.15) is 12.5 Å². The lowest BCUT2D eigenvalue weighted by Crippen LogP contribution is -2.28. The third-order valence-corrected chi connectivity index (χ3v) is 7.61. The molecule has 7 heteroatoms. The first kappa shape index (κ1) is 19.8. The second-order valence-electron chi connectivity index (χ2n) is 4.84. The van der Waals surface area contributed by atoms with Gasteiger partial charge in [-0.3, -0.25) is 0 Å². The molecule has 2 aromatic carbocycles.